The Bertz CT molecular complexity index is 1410. The number of amides is 1. The molecule has 1 aliphatic heterocycles. The molecule has 1 atom stereocenters. The molecule has 3 aromatic carbocycles. The molecule has 0 bridgehead atoms. The van der Waals surface area contributed by atoms with Gasteiger partial charge >= 0.3 is 5.97 Å². The van der Waals surface area contributed by atoms with Crippen LogP contribution in [0.15, 0.2) is 72.3 Å². The first kappa shape index (κ1) is 25.9. The Morgan fingerprint density at radius 3 is 2.00 bits per heavy atom. The molecule has 6 nitrogen and oxygen atoms in total. The maximum absolute atomic E-state index is 13.4. The van der Waals surface area contributed by atoms with Crippen LogP contribution in [0, 0.1) is 13.8 Å². The highest BCUT2D eigenvalue weighted by Gasteiger charge is 2.47. The highest BCUT2D eigenvalue weighted by Crippen LogP contribution is 2.42. The Hall–Kier alpha value is -4.19. The highest BCUT2D eigenvalue weighted by atomic mass is 16.5. The Morgan fingerprint density at radius 2 is 1.46 bits per heavy atom. The zero-order valence-electron chi connectivity index (χ0n) is 22.0. The number of carbonyl (C=O) groups excluding carboxylic acids is 3. The van der Waals surface area contributed by atoms with Crippen molar-refractivity contribution in [3.05, 3.63) is 106 Å². The molecule has 1 fully saturated rings. The average molecular weight is 498 g/mol. The molecule has 1 amide bonds. The van der Waals surface area contributed by atoms with Crippen molar-refractivity contribution >= 4 is 29.1 Å². The summed E-state index contributed by atoms with van der Waals surface area (Å²) < 4.78 is 4.77. The molecule has 6 heteroatoms. The van der Waals surface area contributed by atoms with Crippen LogP contribution in [-0.4, -0.2) is 29.9 Å². The lowest BCUT2D eigenvalue weighted by atomic mass is 9.85. The minimum Gasteiger partial charge on any atom is -0.507 e. The zero-order valence-corrected chi connectivity index (χ0v) is 22.0. The first-order valence-electron chi connectivity index (χ1n) is 12.1. The van der Waals surface area contributed by atoms with E-state index in [9.17, 15) is 19.5 Å². The summed E-state index contributed by atoms with van der Waals surface area (Å²) in [5.74, 6) is -2.24. The Labute approximate surface area is 217 Å². The number of ketones is 1. The number of hydrogen-bond acceptors (Lipinski definition) is 5. The predicted octanol–water partition coefficient (Wildman–Crippen LogP) is 6.01. The Balaban J connectivity index is 1.91. The summed E-state index contributed by atoms with van der Waals surface area (Å²) in [7, 11) is 1.29. The number of nitrogens with zero attached hydrogens (tertiary/aromatic N) is 1. The Morgan fingerprint density at radius 1 is 0.865 bits per heavy atom. The van der Waals surface area contributed by atoms with Gasteiger partial charge in [0.25, 0.3) is 11.7 Å². The second-order valence-corrected chi connectivity index (χ2v) is 10.4. The van der Waals surface area contributed by atoms with E-state index in [1.165, 1.54) is 12.0 Å². The van der Waals surface area contributed by atoms with E-state index in [1.54, 1.807) is 30.3 Å². The summed E-state index contributed by atoms with van der Waals surface area (Å²) in [6.45, 7) is 10.2. The van der Waals surface area contributed by atoms with Crippen LogP contribution in [0.3, 0.4) is 0 Å². The zero-order chi connectivity index (χ0) is 27.1. The first-order valence-corrected chi connectivity index (χ1v) is 12.1. The van der Waals surface area contributed by atoms with E-state index in [4.69, 9.17) is 4.74 Å². The van der Waals surface area contributed by atoms with Gasteiger partial charge in [0.15, 0.2) is 0 Å². The number of methoxy groups -OCH3 is 1. The number of aryl methyl sites for hydroxylation is 2. The van der Waals surface area contributed by atoms with Crippen LogP contribution in [0.2, 0.25) is 0 Å². The van der Waals surface area contributed by atoms with Crippen molar-refractivity contribution in [3.63, 3.8) is 0 Å². The van der Waals surface area contributed by atoms with Crippen LogP contribution in [-0.2, 0) is 19.7 Å². The van der Waals surface area contributed by atoms with Gasteiger partial charge in [-0.3, -0.25) is 14.5 Å². The van der Waals surface area contributed by atoms with Crippen molar-refractivity contribution < 1.29 is 24.2 Å². The number of rotatable bonds is 4. The molecule has 0 radical (unpaired) electrons. The van der Waals surface area contributed by atoms with Gasteiger partial charge in [-0.15, -0.1) is 0 Å². The summed E-state index contributed by atoms with van der Waals surface area (Å²) in [6.07, 6.45) is 0. The molecule has 4 rings (SSSR count). The third kappa shape index (κ3) is 4.79. The van der Waals surface area contributed by atoms with Crippen molar-refractivity contribution in [3.8, 4) is 0 Å². The molecule has 0 aliphatic carbocycles. The van der Waals surface area contributed by atoms with E-state index in [1.807, 2.05) is 50.2 Å². The molecule has 1 saturated heterocycles. The van der Waals surface area contributed by atoms with Gasteiger partial charge in [-0.25, -0.2) is 4.79 Å². The first-order chi connectivity index (χ1) is 17.4. The molecule has 0 saturated carbocycles. The molecule has 1 N–H and O–H groups in total. The maximum atomic E-state index is 13.4. The molecule has 0 spiro atoms. The largest absolute Gasteiger partial charge is 0.507 e. The monoisotopic (exact) mass is 497 g/mol. The highest BCUT2D eigenvalue weighted by molar-refractivity contribution is 6.51. The molecule has 3 aromatic rings. The fourth-order valence-corrected chi connectivity index (χ4v) is 4.50. The van der Waals surface area contributed by atoms with Gasteiger partial charge < -0.3 is 9.84 Å². The van der Waals surface area contributed by atoms with Crippen LogP contribution < -0.4 is 4.90 Å². The van der Waals surface area contributed by atoms with Gasteiger partial charge in [0.05, 0.1) is 24.3 Å². The van der Waals surface area contributed by atoms with Crippen LogP contribution >= 0.6 is 0 Å². The number of esters is 1. The van der Waals surface area contributed by atoms with Crippen LogP contribution in [0.1, 0.15) is 65.0 Å². The fourth-order valence-electron chi connectivity index (χ4n) is 4.50. The molecular weight excluding hydrogens is 466 g/mol. The number of aliphatic hydroxyl groups is 1. The summed E-state index contributed by atoms with van der Waals surface area (Å²) in [6, 6.07) is 18.6. The van der Waals surface area contributed by atoms with Crippen LogP contribution in [0.25, 0.3) is 5.76 Å². The topological polar surface area (TPSA) is 83.9 Å². The minimum atomic E-state index is -0.848. The lowest BCUT2D eigenvalue weighted by Gasteiger charge is -2.26. The van der Waals surface area contributed by atoms with Crippen molar-refractivity contribution in [2.75, 3.05) is 12.0 Å². The van der Waals surface area contributed by atoms with E-state index in [2.05, 4.69) is 20.8 Å². The lowest BCUT2D eigenvalue weighted by molar-refractivity contribution is -0.132. The Kier molecular flexibility index (Phi) is 6.78. The summed E-state index contributed by atoms with van der Waals surface area (Å²) in [4.78, 5) is 40.1. The number of benzene rings is 3. The van der Waals surface area contributed by atoms with Gasteiger partial charge in [-0.2, -0.15) is 0 Å². The van der Waals surface area contributed by atoms with E-state index in [0.29, 0.717) is 22.4 Å². The van der Waals surface area contributed by atoms with Crippen molar-refractivity contribution in [2.24, 2.45) is 0 Å². The smallest absolute Gasteiger partial charge is 0.337 e. The van der Waals surface area contributed by atoms with Gasteiger partial charge in [0.1, 0.15) is 5.76 Å². The molecule has 190 valence electrons. The minimum absolute atomic E-state index is 0.0220. The van der Waals surface area contributed by atoms with Gasteiger partial charge in [-0.05, 0) is 71.8 Å². The molecule has 1 aliphatic rings. The number of anilines is 1. The van der Waals surface area contributed by atoms with E-state index >= 15 is 0 Å². The normalized spacial score (nSPS) is 17.2. The molecular formula is C31H31NO5. The van der Waals surface area contributed by atoms with Crippen molar-refractivity contribution in [1.82, 2.24) is 0 Å². The quantitative estimate of drug-likeness (QED) is 0.206. The van der Waals surface area contributed by atoms with E-state index in [-0.39, 0.29) is 16.7 Å². The maximum Gasteiger partial charge on any atom is 0.337 e. The second-order valence-electron chi connectivity index (χ2n) is 10.4. The van der Waals surface area contributed by atoms with Gasteiger partial charge in [0, 0.05) is 11.3 Å². The second kappa shape index (κ2) is 9.69. The van der Waals surface area contributed by atoms with Crippen molar-refractivity contribution in [2.45, 2.75) is 46.1 Å². The third-order valence-corrected chi connectivity index (χ3v) is 6.88. The predicted molar refractivity (Wildman–Crippen MR) is 144 cm³/mol. The van der Waals surface area contributed by atoms with E-state index in [0.717, 1.165) is 16.7 Å². The van der Waals surface area contributed by atoms with E-state index < -0.39 is 23.7 Å². The van der Waals surface area contributed by atoms with Crippen LogP contribution in [0.5, 0.6) is 0 Å². The van der Waals surface area contributed by atoms with Crippen LogP contribution in [0.4, 0.5) is 5.69 Å². The summed E-state index contributed by atoms with van der Waals surface area (Å²) >= 11 is 0. The lowest BCUT2D eigenvalue weighted by Crippen LogP contribution is -2.29. The van der Waals surface area contributed by atoms with Gasteiger partial charge in [-0.1, -0.05) is 57.2 Å². The van der Waals surface area contributed by atoms with Gasteiger partial charge in [0.2, 0.25) is 0 Å². The number of ether oxygens (including phenoxy) is 1. The average Bonchev–Trinajstić information content (AvgIpc) is 3.14. The SMILES string of the molecule is COC(=O)c1ccc(N2C(=O)C(=O)/C(=C(\O)c3ccc(C)c(C)c3)C2c2ccc(C(C)(C)C)cc2)cc1. The summed E-state index contributed by atoms with van der Waals surface area (Å²) in [5, 5.41) is 11.4. The fraction of sp³-hybridized carbons (Fsp3) is 0.258. The number of Topliss-reactive ketones (excluding diaryl/α,β-unsaturated/α-hetero) is 1. The molecule has 1 heterocycles. The molecule has 1 unspecified atom stereocenters. The molecule has 0 aromatic heterocycles. The standard InChI is InChI=1S/C31H31NO5/c1-18-7-8-22(17-19(18)2)27(33)25-26(20-9-13-23(14-10-20)31(3,4)5)32(29(35)28(25)34)24-15-11-21(12-16-24)30(36)37-6/h7-17,26,33H,1-6H3/b27-25-. The molecule has 37 heavy (non-hydrogen) atoms. The number of aliphatic hydroxyl groups excluding tert-OH is 1. The third-order valence-electron chi connectivity index (χ3n) is 6.88. The summed E-state index contributed by atoms with van der Waals surface area (Å²) in [5.41, 5.74) is 4.97. The number of carbonyl (C=O) groups is 3. The van der Waals surface area contributed by atoms with Crippen molar-refractivity contribution in [1.29, 1.82) is 0 Å². The number of hydrogen-bond donors (Lipinski definition) is 1.